The van der Waals surface area contributed by atoms with Crippen molar-refractivity contribution in [3.05, 3.63) is 24.3 Å². The molecule has 0 radical (unpaired) electrons. The zero-order chi connectivity index (χ0) is 13.8. The fraction of sp³-hybridized carbons (Fsp3) is 0.364. The van der Waals surface area contributed by atoms with Crippen LogP contribution < -0.4 is 15.2 Å². The lowest BCUT2D eigenvalue weighted by molar-refractivity contribution is 0.379. The van der Waals surface area contributed by atoms with E-state index in [1.807, 2.05) is 0 Å². The van der Waals surface area contributed by atoms with Crippen LogP contribution in [0.1, 0.15) is 13.8 Å². The van der Waals surface area contributed by atoms with E-state index in [9.17, 15) is 8.42 Å². The molecule has 100 valence electrons. The van der Waals surface area contributed by atoms with E-state index in [4.69, 9.17) is 22.7 Å². The molecule has 1 aromatic rings. The van der Waals surface area contributed by atoms with Gasteiger partial charge in [-0.15, -0.1) is 0 Å². The van der Waals surface area contributed by atoms with Crippen LogP contribution >= 0.6 is 12.2 Å². The summed E-state index contributed by atoms with van der Waals surface area (Å²) < 4.78 is 31.4. The summed E-state index contributed by atoms with van der Waals surface area (Å²) >= 11 is 4.70. The first-order valence-corrected chi connectivity index (χ1v) is 7.30. The monoisotopic (exact) mass is 288 g/mol. The van der Waals surface area contributed by atoms with E-state index in [0.717, 1.165) is 0 Å². The lowest BCUT2D eigenvalue weighted by Gasteiger charge is -2.14. The van der Waals surface area contributed by atoms with Crippen molar-refractivity contribution in [3.63, 3.8) is 0 Å². The van der Waals surface area contributed by atoms with Gasteiger partial charge in [-0.1, -0.05) is 24.4 Å². The molecule has 0 aliphatic carbocycles. The Hall–Kier alpha value is -1.34. The third-order valence-corrected chi connectivity index (χ3v) is 3.99. The molecule has 0 aliphatic rings. The first kappa shape index (κ1) is 14.7. The molecule has 3 N–H and O–H groups in total. The van der Waals surface area contributed by atoms with Crippen molar-refractivity contribution in [2.75, 3.05) is 11.3 Å². The molecule has 7 heteroatoms. The number of anilines is 1. The maximum atomic E-state index is 11.8. The van der Waals surface area contributed by atoms with Gasteiger partial charge in [-0.3, -0.25) is 4.72 Å². The van der Waals surface area contributed by atoms with E-state index in [1.54, 1.807) is 38.1 Å². The van der Waals surface area contributed by atoms with Gasteiger partial charge in [0.05, 0.1) is 10.9 Å². The lowest BCUT2D eigenvalue weighted by atomic mass is 10.3. The van der Waals surface area contributed by atoms with Gasteiger partial charge < -0.3 is 10.5 Å². The second kappa shape index (κ2) is 6.01. The van der Waals surface area contributed by atoms with Gasteiger partial charge in [0.1, 0.15) is 17.3 Å². The zero-order valence-electron chi connectivity index (χ0n) is 10.2. The predicted octanol–water partition coefficient (Wildman–Crippen LogP) is 1.50. The van der Waals surface area contributed by atoms with Crippen molar-refractivity contribution >= 4 is 32.9 Å². The first-order chi connectivity index (χ1) is 8.33. The number of sulfonamides is 1. The van der Waals surface area contributed by atoms with Gasteiger partial charge in [0.15, 0.2) is 0 Å². The molecule has 1 rings (SSSR count). The third kappa shape index (κ3) is 4.15. The van der Waals surface area contributed by atoms with Crippen LogP contribution in [0.2, 0.25) is 0 Å². The smallest absolute Gasteiger partial charge is 0.235 e. The van der Waals surface area contributed by atoms with E-state index in [2.05, 4.69) is 4.72 Å². The topological polar surface area (TPSA) is 81.4 Å². The van der Waals surface area contributed by atoms with Crippen LogP contribution in [-0.4, -0.2) is 25.3 Å². The number of benzene rings is 1. The first-order valence-electron chi connectivity index (χ1n) is 5.34. The minimum Gasteiger partial charge on any atom is -0.484 e. The molecule has 0 amide bonds. The fourth-order valence-corrected chi connectivity index (χ4v) is 1.87. The van der Waals surface area contributed by atoms with E-state index >= 15 is 0 Å². The van der Waals surface area contributed by atoms with Crippen LogP contribution in [0.4, 0.5) is 5.69 Å². The van der Waals surface area contributed by atoms with Gasteiger partial charge >= 0.3 is 0 Å². The summed E-state index contributed by atoms with van der Waals surface area (Å²) in [4.78, 5) is 0.205. The summed E-state index contributed by atoms with van der Waals surface area (Å²) in [5, 5.41) is -0.527. The average molecular weight is 288 g/mol. The highest BCUT2D eigenvalue weighted by Crippen LogP contribution is 2.25. The number of para-hydroxylation sites is 2. The number of thiocarbonyl (C=S) groups is 1. The Balaban J connectivity index is 2.92. The zero-order valence-corrected chi connectivity index (χ0v) is 11.8. The number of hydrogen-bond acceptors (Lipinski definition) is 4. The Morgan fingerprint density at radius 2 is 2.06 bits per heavy atom. The van der Waals surface area contributed by atoms with Gasteiger partial charge in [-0.2, -0.15) is 0 Å². The number of rotatable bonds is 6. The molecule has 1 aromatic carbocycles. The van der Waals surface area contributed by atoms with Crippen LogP contribution in [-0.2, 0) is 10.0 Å². The molecule has 0 spiro atoms. The highest BCUT2D eigenvalue weighted by Gasteiger charge is 2.17. The molecule has 0 atom stereocenters. The van der Waals surface area contributed by atoms with Crippen molar-refractivity contribution in [2.24, 2.45) is 5.73 Å². The van der Waals surface area contributed by atoms with E-state index in [-0.39, 0.29) is 11.6 Å². The number of nitrogens with two attached hydrogens (primary N) is 1. The van der Waals surface area contributed by atoms with Gasteiger partial charge in [-0.25, -0.2) is 8.42 Å². The molecule has 0 saturated heterocycles. The van der Waals surface area contributed by atoms with Crippen LogP contribution in [0, 0.1) is 0 Å². The predicted molar refractivity (Wildman–Crippen MR) is 76.4 cm³/mol. The minimum atomic E-state index is -3.41. The van der Waals surface area contributed by atoms with Crippen molar-refractivity contribution in [3.8, 4) is 5.75 Å². The van der Waals surface area contributed by atoms with Crippen LogP contribution in [0.3, 0.4) is 0 Å². The largest absolute Gasteiger partial charge is 0.484 e. The maximum absolute atomic E-state index is 11.8. The maximum Gasteiger partial charge on any atom is 0.235 e. The molecule has 0 aromatic heterocycles. The van der Waals surface area contributed by atoms with Gasteiger partial charge in [0.25, 0.3) is 0 Å². The normalized spacial score (nSPS) is 11.3. The molecular formula is C11H16N2O3S2. The summed E-state index contributed by atoms with van der Waals surface area (Å²) in [6.07, 6.45) is 0. The van der Waals surface area contributed by atoms with Crippen LogP contribution in [0.15, 0.2) is 24.3 Å². The summed E-state index contributed by atoms with van der Waals surface area (Å²) in [6.45, 7) is 3.26. The summed E-state index contributed by atoms with van der Waals surface area (Å²) in [5.74, 6) is 0.398. The quantitative estimate of drug-likeness (QED) is 0.775. The van der Waals surface area contributed by atoms with Gasteiger partial charge in [-0.05, 0) is 26.0 Å². The Labute approximate surface area is 112 Å². The van der Waals surface area contributed by atoms with E-state index in [0.29, 0.717) is 11.4 Å². The standard InChI is InChI=1S/C11H16N2O3S2/c1-8(2)18(14,15)13-9-5-3-4-6-10(9)16-7-11(12)17/h3-6,8,13H,7H2,1-2H3,(H2,12,17). The van der Waals surface area contributed by atoms with Crippen molar-refractivity contribution in [1.82, 2.24) is 0 Å². The second-order valence-corrected chi connectivity index (χ2v) is 6.71. The molecule has 5 nitrogen and oxygen atoms in total. The Kier molecular flexibility index (Phi) is 4.92. The fourth-order valence-electron chi connectivity index (χ4n) is 1.10. The summed E-state index contributed by atoms with van der Waals surface area (Å²) in [7, 11) is -3.41. The average Bonchev–Trinajstić information content (AvgIpc) is 2.27. The molecule has 0 aliphatic heterocycles. The van der Waals surface area contributed by atoms with Gasteiger partial charge in [0, 0.05) is 0 Å². The third-order valence-electron chi connectivity index (χ3n) is 2.13. The van der Waals surface area contributed by atoms with Crippen molar-refractivity contribution in [1.29, 1.82) is 0 Å². The van der Waals surface area contributed by atoms with Crippen LogP contribution in [0.25, 0.3) is 0 Å². The molecule has 0 saturated carbocycles. The Bertz CT molecular complexity index is 527. The number of hydrogen-bond donors (Lipinski definition) is 2. The SMILES string of the molecule is CC(C)S(=O)(=O)Nc1ccccc1OCC(N)=S. The molecule has 0 unspecified atom stereocenters. The van der Waals surface area contributed by atoms with Gasteiger partial charge in [0.2, 0.25) is 10.0 Å². The molecule has 18 heavy (non-hydrogen) atoms. The van der Waals surface area contributed by atoms with Crippen molar-refractivity contribution in [2.45, 2.75) is 19.1 Å². The minimum absolute atomic E-state index is 0.0652. The summed E-state index contributed by atoms with van der Waals surface area (Å²) in [5.41, 5.74) is 5.71. The Morgan fingerprint density at radius 1 is 1.44 bits per heavy atom. The Morgan fingerprint density at radius 3 is 2.61 bits per heavy atom. The molecule has 0 fully saturated rings. The summed E-state index contributed by atoms with van der Waals surface area (Å²) in [6, 6.07) is 6.72. The molecular weight excluding hydrogens is 272 g/mol. The number of nitrogens with one attached hydrogen (secondary N) is 1. The molecule has 0 bridgehead atoms. The second-order valence-electron chi connectivity index (χ2n) is 3.95. The molecule has 0 heterocycles. The van der Waals surface area contributed by atoms with Crippen molar-refractivity contribution < 1.29 is 13.2 Å². The number of ether oxygens (including phenoxy) is 1. The highest BCUT2D eigenvalue weighted by molar-refractivity contribution is 7.93. The lowest BCUT2D eigenvalue weighted by Crippen LogP contribution is -2.23. The highest BCUT2D eigenvalue weighted by atomic mass is 32.2. The van der Waals surface area contributed by atoms with Crippen LogP contribution in [0.5, 0.6) is 5.75 Å². The van der Waals surface area contributed by atoms with E-state index < -0.39 is 15.3 Å². The van der Waals surface area contributed by atoms with E-state index in [1.165, 1.54) is 0 Å².